The predicted octanol–water partition coefficient (Wildman–Crippen LogP) is 3.40. The predicted molar refractivity (Wildman–Crippen MR) is 91.8 cm³/mol. The lowest BCUT2D eigenvalue weighted by Crippen LogP contribution is -2.47. The number of benzene rings is 1. The van der Waals surface area contributed by atoms with Gasteiger partial charge in [-0.25, -0.2) is 0 Å². The van der Waals surface area contributed by atoms with Gasteiger partial charge in [-0.1, -0.05) is 29.8 Å². The summed E-state index contributed by atoms with van der Waals surface area (Å²) in [4.78, 5) is 17.7. The summed E-state index contributed by atoms with van der Waals surface area (Å²) in [5.41, 5.74) is 1.28. The number of carbonyl (C=O) groups excluding carboxylic acids is 1. The van der Waals surface area contributed by atoms with Crippen LogP contribution in [0, 0.1) is 0 Å². The zero-order valence-electron chi connectivity index (χ0n) is 12.4. The molecule has 1 aromatic heterocycles. The van der Waals surface area contributed by atoms with E-state index < -0.39 is 0 Å². The maximum Gasteiger partial charge on any atom is 0.186 e. The topological polar surface area (TPSA) is 23.6 Å². The first kappa shape index (κ1) is 15.7. The van der Waals surface area contributed by atoms with Crippen molar-refractivity contribution < 1.29 is 4.79 Å². The number of ketones is 1. The van der Waals surface area contributed by atoms with Crippen molar-refractivity contribution in [2.45, 2.75) is 6.54 Å². The summed E-state index contributed by atoms with van der Waals surface area (Å²) < 4.78 is 0. The summed E-state index contributed by atoms with van der Waals surface area (Å²) in [6, 6.07) is 11.9. The Bertz CT molecular complexity index is 604. The maximum atomic E-state index is 12.1. The molecule has 0 spiro atoms. The monoisotopic (exact) mass is 334 g/mol. The van der Waals surface area contributed by atoms with Crippen LogP contribution < -0.4 is 0 Å². The summed E-state index contributed by atoms with van der Waals surface area (Å²) in [6.45, 7) is 5.38. The van der Waals surface area contributed by atoms with Gasteiger partial charge in [-0.15, -0.1) is 11.3 Å². The molecule has 1 aliphatic rings. The van der Waals surface area contributed by atoms with Crippen LogP contribution in [0.15, 0.2) is 41.8 Å². The zero-order valence-corrected chi connectivity index (χ0v) is 13.9. The van der Waals surface area contributed by atoms with Crippen LogP contribution in [-0.4, -0.2) is 48.3 Å². The molecule has 0 radical (unpaired) electrons. The average Bonchev–Trinajstić information content (AvgIpc) is 3.06. The van der Waals surface area contributed by atoms with E-state index in [1.165, 1.54) is 16.9 Å². The average molecular weight is 335 g/mol. The zero-order chi connectivity index (χ0) is 15.4. The van der Waals surface area contributed by atoms with E-state index in [1.807, 2.05) is 29.6 Å². The number of hydrogen-bond donors (Lipinski definition) is 0. The number of piperazine rings is 1. The molecule has 0 saturated carbocycles. The van der Waals surface area contributed by atoms with Gasteiger partial charge in [0.1, 0.15) is 0 Å². The molecule has 5 heteroatoms. The quantitative estimate of drug-likeness (QED) is 0.783. The van der Waals surface area contributed by atoms with E-state index in [9.17, 15) is 4.79 Å². The van der Waals surface area contributed by atoms with Gasteiger partial charge in [0.2, 0.25) is 0 Å². The Morgan fingerprint density at radius 3 is 2.36 bits per heavy atom. The molecule has 1 saturated heterocycles. The number of halogens is 1. The van der Waals surface area contributed by atoms with E-state index in [1.54, 1.807) is 0 Å². The largest absolute Gasteiger partial charge is 0.297 e. The Labute approximate surface area is 140 Å². The first-order valence-electron chi connectivity index (χ1n) is 7.46. The molecule has 3 rings (SSSR count). The smallest absolute Gasteiger partial charge is 0.186 e. The minimum atomic E-state index is 0.237. The van der Waals surface area contributed by atoms with E-state index in [-0.39, 0.29) is 5.78 Å². The molecule has 0 bridgehead atoms. The fourth-order valence-corrected chi connectivity index (χ4v) is 3.45. The molecule has 0 aliphatic carbocycles. The molecule has 22 heavy (non-hydrogen) atoms. The normalized spacial score (nSPS) is 16.8. The molecule has 1 aromatic carbocycles. The molecule has 1 fully saturated rings. The van der Waals surface area contributed by atoms with Crippen LogP contribution >= 0.6 is 22.9 Å². The molecule has 0 amide bonds. The van der Waals surface area contributed by atoms with E-state index in [0.29, 0.717) is 6.54 Å². The Hall–Kier alpha value is -1.20. The third-order valence-electron chi connectivity index (χ3n) is 3.95. The Kier molecular flexibility index (Phi) is 5.26. The minimum Gasteiger partial charge on any atom is -0.297 e. The molecule has 2 heterocycles. The highest BCUT2D eigenvalue weighted by Crippen LogP contribution is 2.14. The molecule has 116 valence electrons. The fourth-order valence-electron chi connectivity index (χ4n) is 2.67. The summed E-state index contributed by atoms with van der Waals surface area (Å²) >= 11 is 7.44. The standard InChI is InChI=1S/C17H19ClN2OS/c18-15-5-3-14(4-6-15)12-19-7-9-20(10-8-19)13-16(21)17-2-1-11-22-17/h1-6,11H,7-10,12-13H2. The van der Waals surface area contributed by atoms with Gasteiger partial charge >= 0.3 is 0 Å². The van der Waals surface area contributed by atoms with Gasteiger partial charge < -0.3 is 0 Å². The second kappa shape index (κ2) is 7.38. The van der Waals surface area contributed by atoms with Crippen molar-refractivity contribution in [2.24, 2.45) is 0 Å². The molecule has 0 N–H and O–H groups in total. The third-order valence-corrected chi connectivity index (χ3v) is 5.11. The van der Waals surface area contributed by atoms with Crippen LogP contribution in [0.25, 0.3) is 0 Å². The Morgan fingerprint density at radius 1 is 1.05 bits per heavy atom. The van der Waals surface area contributed by atoms with Crippen LogP contribution in [0.1, 0.15) is 15.2 Å². The second-order valence-corrected chi connectivity index (χ2v) is 6.96. The van der Waals surface area contributed by atoms with Gasteiger partial charge in [-0.2, -0.15) is 0 Å². The van der Waals surface area contributed by atoms with E-state index in [2.05, 4.69) is 21.9 Å². The van der Waals surface area contributed by atoms with E-state index >= 15 is 0 Å². The summed E-state index contributed by atoms with van der Waals surface area (Å²) in [7, 11) is 0. The van der Waals surface area contributed by atoms with Crippen molar-refractivity contribution in [1.82, 2.24) is 9.80 Å². The van der Waals surface area contributed by atoms with E-state index in [4.69, 9.17) is 11.6 Å². The van der Waals surface area contributed by atoms with Gasteiger partial charge in [0.05, 0.1) is 11.4 Å². The molecule has 3 nitrogen and oxygen atoms in total. The second-order valence-electron chi connectivity index (χ2n) is 5.58. The number of carbonyl (C=O) groups is 1. The molecule has 0 atom stereocenters. The molecular formula is C17H19ClN2OS. The highest BCUT2D eigenvalue weighted by Gasteiger charge is 2.19. The highest BCUT2D eigenvalue weighted by atomic mass is 35.5. The van der Waals surface area contributed by atoms with Crippen LogP contribution in [0.5, 0.6) is 0 Å². The number of rotatable bonds is 5. The number of hydrogen-bond acceptors (Lipinski definition) is 4. The van der Waals surface area contributed by atoms with Crippen LogP contribution in [0.2, 0.25) is 5.02 Å². The lowest BCUT2D eigenvalue weighted by Gasteiger charge is -2.34. The van der Waals surface area contributed by atoms with Crippen molar-refractivity contribution in [2.75, 3.05) is 32.7 Å². The maximum absolute atomic E-state index is 12.1. The SMILES string of the molecule is O=C(CN1CCN(Cc2ccc(Cl)cc2)CC1)c1cccs1. The third kappa shape index (κ3) is 4.17. The summed E-state index contributed by atoms with van der Waals surface area (Å²) in [5, 5.41) is 2.73. The highest BCUT2D eigenvalue weighted by molar-refractivity contribution is 7.12. The number of Topliss-reactive ketones (excluding diaryl/α,β-unsaturated/α-hetero) is 1. The van der Waals surface area contributed by atoms with E-state index in [0.717, 1.165) is 42.6 Å². The van der Waals surface area contributed by atoms with Crippen LogP contribution in [0.4, 0.5) is 0 Å². The van der Waals surface area contributed by atoms with Gasteiger partial charge in [0.15, 0.2) is 5.78 Å². The Balaban J connectivity index is 1.46. The van der Waals surface area contributed by atoms with Crippen molar-refractivity contribution in [3.8, 4) is 0 Å². The molecular weight excluding hydrogens is 316 g/mol. The van der Waals surface area contributed by atoms with Gasteiger partial charge in [-0.05, 0) is 29.1 Å². The van der Waals surface area contributed by atoms with Gasteiger partial charge in [0, 0.05) is 37.7 Å². The number of thiophene rings is 1. The van der Waals surface area contributed by atoms with Crippen LogP contribution in [-0.2, 0) is 6.54 Å². The van der Waals surface area contributed by atoms with Crippen molar-refractivity contribution in [3.05, 3.63) is 57.2 Å². The van der Waals surface area contributed by atoms with Crippen LogP contribution in [0.3, 0.4) is 0 Å². The van der Waals surface area contributed by atoms with Crippen molar-refractivity contribution in [3.63, 3.8) is 0 Å². The van der Waals surface area contributed by atoms with Crippen molar-refractivity contribution in [1.29, 1.82) is 0 Å². The van der Waals surface area contributed by atoms with Gasteiger partial charge in [0.25, 0.3) is 0 Å². The molecule has 0 unspecified atom stereocenters. The molecule has 1 aliphatic heterocycles. The lowest BCUT2D eigenvalue weighted by atomic mass is 10.2. The van der Waals surface area contributed by atoms with Gasteiger partial charge in [-0.3, -0.25) is 14.6 Å². The van der Waals surface area contributed by atoms with Crippen molar-refractivity contribution >= 4 is 28.7 Å². The summed E-state index contributed by atoms with van der Waals surface area (Å²) in [5.74, 6) is 0.237. The Morgan fingerprint density at radius 2 is 1.73 bits per heavy atom. The number of nitrogens with zero attached hydrogens (tertiary/aromatic N) is 2. The molecule has 2 aromatic rings. The minimum absolute atomic E-state index is 0.237. The lowest BCUT2D eigenvalue weighted by molar-refractivity contribution is 0.0847. The summed E-state index contributed by atoms with van der Waals surface area (Å²) in [6.07, 6.45) is 0. The first-order valence-corrected chi connectivity index (χ1v) is 8.72. The first-order chi connectivity index (χ1) is 10.7. The fraction of sp³-hybridized carbons (Fsp3) is 0.353.